The van der Waals surface area contributed by atoms with E-state index >= 15 is 0 Å². The molecule has 0 radical (unpaired) electrons. The lowest BCUT2D eigenvalue weighted by Crippen LogP contribution is -2.26. The van der Waals surface area contributed by atoms with Crippen molar-refractivity contribution in [3.8, 4) is 11.5 Å². The first kappa shape index (κ1) is 11.9. The third-order valence-corrected chi connectivity index (χ3v) is 3.26. The number of aromatic nitrogens is 2. The molecule has 2 heterocycles. The second-order valence-corrected chi connectivity index (χ2v) is 5.16. The van der Waals surface area contributed by atoms with Crippen LogP contribution >= 0.6 is 0 Å². The number of pyridine rings is 1. The van der Waals surface area contributed by atoms with Crippen LogP contribution in [0.25, 0.3) is 22.6 Å². The van der Waals surface area contributed by atoms with E-state index in [4.69, 9.17) is 4.42 Å². The van der Waals surface area contributed by atoms with Crippen molar-refractivity contribution in [3.63, 3.8) is 0 Å². The van der Waals surface area contributed by atoms with Gasteiger partial charge in [-0.15, -0.1) is 0 Å². The Morgan fingerprint density at radius 1 is 1.21 bits per heavy atom. The van der Waals surface area contributed by atoms with Crippen molar-refractivity contribution < 1.29 is 8.98 Å². The molecule has 0 unspecified atom stereocenters. The minimum Gasteiger partial charge on any atom is -0.436 e. The van der Waals surface area contributed by atoms with Crippen molar-refractivity contribution in [1.29, 1.82) is 0 Å². The number of aryl methyl sites for hydroxylation is 1. The molecule has 1 aromatic carbocycles. The van der Waals surface area contributed by atoms with Gasteiger partial charge in [0.2, 0.25) is 5.89 Å². The van der Waals surface area contributed by atoms with Crippen LogP contribution in [0.1, 0.15) is 25.3 Å². The van der Waals surface area contributed by atoms with Gasteiger partial charge in [0.1, 0.15) is 18.1 Å². The average molecular weight is 253 g/mol. The van der Waals surface area contributed by atoms with Crippen molar-refractivity contribution in [2.75, 3.05) is 0 Å². The summed E-state index contributed by atoms with van der Waals surface area (Å²) in [6, 6.07) is 10.2. The van der Waals surface area contributed by atoms with Gasteiger partial charge in [-0.2, -0.15) is 0 Å². The quantitative estimate of drug-likeness (QED) is 0.655. The van der Waals surface area contributed by atoms with E-state index in [1.165, 1.54) is 5.56 Å². The van der Waals surface area contributed by atoms with Crippen LogP contribution in [-0.4, -0.2) is 4.98 Å². The lowest BCUT2D eigenvalue weighted by Gasteiger charge is -2.02. The molecule has 0 bridgehead atoms. The standard InChI is InChI=1S/C16H17N2O/c1-11(2)12-6-7-15-14(9-12)17-16(19-15)13-5-4-8-18(3)10-13/h4-11H,1-3H3/q+1. The largest absolute Gasteiger partial charge is 0.436 e. The molecular formula is C16H17N2O+. The summed E-state index contributed by atoms with van der Waals surface area (Å²) >= 11 is 0. The lowest BCUT2D eigenvalue weighted by molar-refractivity contribution is -0.671. The van der Waals surface area contributed by atoms with Crippen molar-refractivity contribution in [3.05, 3.63) is 48.3 Å². The van der Waals surface area contributed by atoms with Crippen molar-refractivity contribution in [1.82, 2.24) is 4.98 Å². The summed E-state index contributed by atoms with van der Waals surface area (Å²) in [4.78, 5) is 4.59. The number of benzene rings is 1. The van der Waals surface area contributed by atoms with Crippen LogP contribution in [-0.2, 0) is 7.05 Å². The van der Waals surface area contributed by atoms with Crippen LogP contribution in [0.3, 0.4) is 0 Å². The SMILES string of the molecule is CC(C)c1ccc2oc(-c3ccc[n+](C)c3)nc2c1. The maximum atomic E-state index is 5.82. The molecule has 2 aromatic heterocycles. The van der Waals surface area contributed by atoms with Crippen molar-refractivity contribution >= 4 is 11.1 Å². The van der Waals surface area contributed by atoms with Crippen molar-refractivity contribution in [2.24, 2.45) is 7.05 Å². The summed E-state index contributed by atoms with van der Waals surface area (Å²) < 4.78 is 7.81. The van der Waals surface area contributed by atoms with Crippen LogP contribution in [0.15, 0.2) is 47.1 Å². The summed E-state index contributed by atoms with van der Waals surface area (Å²) in [6.45, 7) is 4.36. The number of hydrogen-bond acceptors (Lipinski definition) is 2. The molecule has 3 nitrogen and oxygen atoms in total. The topological polar surface area (TPSA) is 29.9 Å². The second kappa shape index (κ2) is 4.50. The van der Waals surface area contributed by atoms with E-state index in [1.807, 2.05) is 42.2 Å². The normalized spacial score (nSPS) is 11.4. The fraction of sp³-hybridized carbons (Fsp3) is 0.250. The molecular weight excluding hydrogens is 236 g/mol. The van der Waals surface area contributed by atoms with Gasteiger partial charge in [-0.25, -0.2) is 9.55 Å². The molecule has 0 atom stereocenters. The summed E-state index contributed by atoms with van der Waals surface area (Å²) in [6.07, 6.45) is 4.00. The molecule has 3 aromatic rings. The molecule has 3 rings (SSSR count). The molecule has 0 aliphatic carbocycles. The first-order valence-electron chi connectivity index (χ1n) is 6.49. The zero-order valence-corrected chi connectivity index (χ0v) is 11.4. The predicted molar refractivity (Wildman–Crippen MR) is 74.7 cm³/mol. The smallest absolute Gasteiger partial charge is 0.233 e. The monoisotopic (exact) mass is 253 g/mol. The number of rotatable bonds is 2. The molecule has 96 valence electrons. The second-order valence-electron chi connectivity index (χ2n) is 5.16. The number of hydrogen-bond donors (Lipinski definition) is 0. The van der Waals surface area contributed by atoms with E-state index in [1.54, 1.807) is 0 Å². The fourth-order valence-corrected chi connectivity index (χ4v) is 2.14. The lowest BCUT2D eigenvalue weighted by atomic mass is 10.0. The number of nitrogens with zero attached hydrogens (tertiary/aromatic N) is 2. The molecule has 0 fully saturated rings. The Kier molecular flexibility index (Phi) is 2.82. The number of oxazole rings is 1. The molecule has 0 spiro atoms. The van der Waals surface area contributed by atoms with Gasteiger partial charge < -0.3 is 4.42 Å². The molecule has 0 saturated carbocycles. The van der Waals surface area contributed by atoms with Gasteiger partial charge >= 0.3 is 0 Å². The van der Waals surface area contributed by atoms with E-state index < -0.39 is 0 Å². The van der Waals surface area contributed by atoms with Gasteiger partial charge in [0, 0.05) is 6.07 Å². The fourth-order valence-electron chi connectivity index (χ4n) is 2.14. The van der Waals surface area contributed by atoms with Gasteiger partial charge in [-0.05, 0) is 29.7 Å². The predicted octanol–water partition coefficient (Wildman–Crippen LogP) is 3.44. The van der Waals surface area contributed by atoms with Crippen LogP contribution < -0.4 is 4.57 Å². The summed E-state index contributed by atoms with van der Waals surface area (Å²) in [5.41, 5.74) is 4.04. The minimum absolute atomic E-state index is 0.499. The highest BCUT2D eigenvalue weighted by Gasteiger charge is 2.11. The summed E-state index contributed by atoms with van der Waals surface area (Å²) in [5, 5.41) is 0. The van der Waals surface area contributed by atoms with E-state index in [0.717, 1.165) is 16.7 Å². The van der Waals surface area contributed by atoms with Crippen molar-refractivity contribution in [2.45, 2.75) is 19.8 Å². The molecule has 0 aliphatic rings. The van der Waals surface area contributed by atoms with E-state index in [-0.39, 0.29) is 0 Å². The Labute approximate surface area is 112 Å². The Bertz CT molecular complexity index is 728. The molecule has 0 saturated heterocycles. The van der Waals surface area contributed by atoms with Gasteiger partial charge in [-0.1, -0.05) is 19.9 Å². The van der Waals surface area contributed by atoms with Gasteiger partial charge in [0.15, 0.2) is 18.0 Å². The first-order chi connectivity index (χ1) is 9.13. The number of fused-ring (bicyclic) bond motifs is 1. The molecule has 0 amide bonds. The zero-order chi connectivity index (χ0) is 13.4. The van der Waals surface area contributed by atoms with Gasteiger partial charge in [0.25, 0.3) is 0 Å². The van der Waals surface area contributed by atoms with E-state index in [2.05, 4.69) is 31.0 Å². The van der Waals surface area contributed by atoms with Crippen LogP contribution in [0.2, 0.25) is 0 Å². The van der Waals surface area contributed by atoms with E-state index in [9.17, 15) is 0 Å². The summed E-state index contributed by atoms with van der Waals surface area (Å²) in [5.74, 6) is 1.17. The Morgan fingerprint density at radius 2 is 2.05 bits per heavy atom. The molecule has 0 aliphatic heterocycles. The first-order valence-corrected chi connectivity index (χ1v) is 6.49. The van der Waals surface area contributed by atoms with Crippen LogP contribution in [0.5, 0.6) is 0 Å². The zero-order valence-electron chi connectivity index (χ0n) is 11.4. The maximum Gasteiger partial charge on any atom is 0.233 e. The Morgan fingerprint density at radius 3 is 2.79 bits per heavy atom. The third-order valence-electron chi connectivity index (χ3n) is 3.26. The Balaban J connectivity index is 2.11. The highest BCUT2D eigenvalue weighted by molar-refractivity contribution is 5.76. The average Bonchev–Trinajstić information content (AvgIpc) is 2.81. The van der Waals surface area contributed by atoms with Crippen LogP contribution in [0.4, 0.5) is 0 Å². The molecule has 19 heavy (non-hydrogen) atoms. The van der Waals surface area contributed by atoms with Crippen LogP contribution in [0, 0.1) is 0 Å². The van der Waals surface area contributed by atoms with E-state index in [0.29, 0.717) is 11.8 Å². The highest BCUT2D eigenvalue weighted by Crippen LogP contribution is 2.26. The Hall–Kier alpha value is -2.16. The third kappa shape index (κ3) is 2.24. The van der Waals surface area contributed by atoms with Gasteiger partial charge in [0.05, 0.1) is 0 Å². The van der Waals surface area contributed by atoms with Gasteiger partial charge in [-0.3, -0.25) is 0 Å². The minimum atomic E-state index is 0.499. The maximum absolute atomic E-state index is 5.82. The molecule has 0 N–H and O–H groups in total. The summed E-state index contributed by atoms with van der Waals surface area (Å²) in [7, 11) is 1.99. The highest BCUT2D eigenvalue weighted by atomic mass is 16.3. The molecule has 3 heteroatoms.